The first-order valence-corrected chi connectivity index (χ1v) is 13.0. The van der Waals surface area contributed by atoms with Crippen LogP contribution in [-0.2, 0) is 16.3 Å². The molecule has 1 aliphatic rings. The average molecular weight is 512 g/mol. The molecular formula is C21H20BrClN2O2S2. The molecule has 2 aromatic carbocycles. The highest BCUT2D eigenvalue weighted by molar-refractivity contribution is 9.10. The Labute approximate surface area is 188 Å². The van der Waals surface area contributed by atoms with Gasteiger partial charge in [0.05, 0.1) is 15.8 Å². The van der Waals surface area contributed by atoms with E-state index in [1.807, 2.05) is 30.3 Å². The number of hydrogen-bond donors (Lipinski definition) is 0. The van der Waals surface area contributed by atoms with Gasteiger partial charge in [-0.15, -0.1) is 11.3 Å². The molecule has 152 valence electrons. The lowest BCUT2D eigenvalue weighted by molar-refractivity contribution is 0.529. The molecule has 29 heavy (non-hydrogen) atoms. The predicted octanol–water partition coefficient (Wildman–Crippen LogP) is 5.59. The quantitative estimate of drug-likeness (QED) is 0.448. The number of piperidine rings is 1. The molecule has 4 rings (SSSR count). The van der Waals surface area contributed by atoms with E-state index in [0.29, 0.717) is 35.3 Å². The molecule has 1 aromatic heterocycles. The number of aromatic nitrogens is 1. The Bertz CT molecular complexity index is 1090. The molecule has 0 atom stereocenters. The summed E-state index contributed by atoms with van der Waals surface area (Å²) >= 11 is 10.9. The van der Waals surface area contributed by atoms with E-state index in [9.17, 15) is 8.42 Å². The van der Waals surface area contributed by atoms with Gasteiger partial charge in [0.2, 0.25) is 0 Å². The zero-order valence-corrected chi connectivity index (χ0v) is 19.6. The number of anilines is 1. The Morgan fingerprint density at radius 1 is 1.10 bits per heavy atom. The third-order valence-corrected chi connectivity index (χ3v) is 9.61. The Morgan fingerprint density at radius 2 is 1.79 bits per heavy atom. The van der Waals surface area contributed by atoms with Crippen LogP contribution in [0.15, 0.2) is 63.3 Å². The molecule has 1 aliphatic heterocycles. The molecule has 0 aliphatic carbocycles. The first kappa shape index (κ1) is 20.8. The van der Waals surface area contributed by atoms with Crippen molar-refractivity contribution >= 4 is 53.8 Å². The minimum atomic E-state index is -3.34. The molecule has 1 saturated heterocycles. The van der Waals surface area contributed by atoms with E-state index in [1.54, 1.807) is 29.5 Å². The SMILES string of the molecule is O=S(=O)(c1ccccc1Br)C1CCN(c2nc(Cc3ccc(Cl)cc3)cs2)CC1. The molecule has 4 nitrogen and oxygen atoms in total. The van der Waals surface area contributed by atoms with Gasteiger partial charge in [0.15, 0.2) is 15.0 Å². The summed E-state index contributed by atoms with van der Waals surface area (Å²) in [6, 6.07) is 14.9. The van der Waals surface area contributed by atoms with Gasteiger partial charge in [-0.1, -0.05) is 35.9 Å². The first-order valence-electron chi connectivity index (χ1n) is 9.36. The number of hydrogen-bond acceptors (Lipinski definition) is 5. The molecule has 3 aromatic rings. The van der Waals surface area contributed by atoms with Gasteiger partial charge < -0.3 is 4.90 Å². The van der Waals surface area contributed by atoms with E-state index in [-0.39, 0.29) is 5.25 Å². The van der Waals surface area contributed by atoms with Crippen molar-refractivity contribution < 1.29 is 8.42 Å². The normalized spacial score (nSPS) is 15.6. The third kappa shape index (κ3) is 4.68. The fourth-order valence-corrected chi connectivity index (χ4v) is 7.31. The van der Waals surface area contributed by atoms with Crippen molar-refractivity contribution in [1.82, 2.24) is 4.98 Å². The van der Waals surface area contributed by atoms with Gasteiger partial charge in [-0.3, -0.25) is 0 Å². The molecule has 0 unspecified atom stereocenters. The standard InChI is InChI=1S/C21H20BrClN2O2S2/c22-19-3-1-2-4-20(19)29(26,27)18-9-11-25(12-10-18)21-24-17(14-28-21)13-15-5-7-16(23)8-6-15/h1-8,14,18H,9-13H2. The second-order valence-corrected chi connectivity index (χ2v) is 11.4. The summed E-state index contributed by atoms with van der Waals surface area (Å²) in [5.74, 6) is 0. The second kappa shape index (κ2) is 8.76. The number of sulfone groups is 1. The van der Waals surface area contributed by atoms with Gasteiger partial charge in [-0.2, -0.15) is 0 Å². The van der Waals surface area contributed by atoms with E-state index >= 15 is 0 Å². The molecule has 0 radical (unpaired) electrons. The van der Waals surface area contributed by atoms with Crippen LogP contribution in [0.3, 0.4) is 0 Å². The summed E-state index contributed by atoms with van der Waals surface area (Å²) in [7, 11) is -3.34. The van der Waals surface area contributed by atoms with Gasteiger partial charge in [-0.05, 0) is 58.6 Å². The number of halogens is 2. The van der Waals surface area contributed by atoms with Gasteiger partial charge in [-0.25, -0.2) is 13.4 Å². The van der Waals surface area contributed by atoms with Crippen molar-refractivity contribution in [2.24, 2.45) is 0 Å². The monoisotopic (exact) mass is 510 g/mol. The Kier molecular flexibility index (Phi) is 6.30. The average Bonchev–Trinajstić information content (AvgIpc) is 3.18. The van der Waals surface area contributed by atoms with Crippen LogP contribution in [-0.4, -0.2) is 31.7 Å². The fraction of sp³-hybridized carbons (Fsp3) is 0.286. The van der Waals surface area contributed by atoms with Crippen molar-refractivity contribution in [2.45, 2.75) is 29.4 Å². The largest absolute Gasteiger partial charge is 0.348 e. The van der Waals surface area contributed by atoms with Crippen LogP contribution in [0, 0.1) is 0 Å². The zero-order chi connectivity index (χ0) is 20.4. The number of thiazole rings is 1. The highest BCUT2D eigenvalue weighted by Gasteiger charge is 2.33. The first-order chi connectivity index (χ1) is 13.9. The predicted molar refractivity (Wildman–Crippen MR) is 123 cm³/mol. The lowest BCUT2D eigenvalue weighted by Gasteiger charge is -2.31. The Hall–Kier alpha value is -1.41. The van der Waals surface area contributed by atoms with Gasteiger partial charge in [0.1, 0.15) is 0 Å². The highest BCUT2D eigenvalue weighted by Crippen LogP contribution is 2.32. The van der Waals surface area contributed by atoms with E-state index in [4.69, 9.17) is 16.6 Å². The van der Waals surface area contributed by atoms with Crippen molar-refractivity contribution in [1.29, 1.82) is 0 Å². The smallest absolute Gasteiger partial charge is 0.185 e. The summed E-state index contributed by atoms with van der Waals surface area (Å²) in [6.07, 6.45) is 1.98. The summed E-state index contributed by atoms with van der Waals surface area (Å²) in [5.41, 5.74) is 2.19. The lowest BCUT2D eigenvalue weighted by atomic mass is 10.1. The van der Waals surface area contributed by atoms with Crippen molar-refractivity contribution in [3.05, 3.63) is 74.7 Å². The molecule has 0 N–H and O–H groups in total. The molecule has 8 heteroatoms. The zero-order valence-electron chi connectivity index (χ0n) is 15.6. The van der Waals surface area contributed by atoms with E-state index < -0.39 is 9.84 Å². The van der Waals surface area contributed by atoms with Crippen LogP contribution >= 0.6 is 38.9 Å². The maximum absolute atomic E-state index is 13.0. The summed E-state index contributed by atoms with van der Waals surface area (Å²) in [5, 5.41) is 3.41. The Morgan fingerprint density at radius 3 is 2.48 bits per heavy atom. The van der Waals surface area contributed by atoms with Crippen LogP contribution in [0.1, 0.15) is 24.1 Å². The van der Waals surface area contributed by atoms with Crippen molar-refractivity contribution in [3.63, 3.8) is 0 Å². The van der Waals surface area contributed by atoms with Gasteiger partial charge >= 0.3 is 0 Å². The van der Waals surface area contributed by atoms with Crippen LogP contribution in [0.2, 0.25) is 5.02 Å². The summed E-state index contributed by atoms with van der Waals surface area (Å²) in [6.45, 7) is 1.39. The highest BCUT2D eigenvalue weighted by atomic mass is 79.9. The number of benzene rings is 2. The van der Waals surface area contributed by atoms with Crippen LogP contribution in [0.25, 0.3) is 0 Å². The fourth-order valence-electron chi connectivity index (χ4n) is 3.55. The van der Waals surface area contributed by atoms with Gasteiger partial charge in [0, 0.05) is 34.4 Å². The molecule has 1 fully saturated rings. The second-order valence-electron chi connectivity index (χ2n) is 7.09. The minimum absolute atomic E-state index is 0.356. The van der Waals surface area contributed by atoms with Crippen molar-refractivity contribution in [3.8, 4) is 0 Å². The van der Waals surface area contributed by atoms with E-state index in [2.05, 4.69) is 26.2 Å². The van der Waals surface area contributed by atoms with E-state index in [1.165, 1.54) is 5.56 Å². The minimum Gasteiger partial charge on any atom is -0.348 e. The lowest BCUT2D eigenvalue weighted by Crippen LogP contribution is -2.39. The van der Waals surface area contributed by atoms with E-state index in [0.717, 1.165) is 22.3 Å². The van der Waals surface area contributed by atoms with Crippen LogP contribution in [0.5, 0.6) is 0 Å². The molecule has 0 bridgehead atoms. The number of rotatable bonds is 5. The van der Waals surface area contributed by atoms with Crippen LogP contribution in [0.4, 0.5) is 5.13 Å². The number of nitrogens with zero attached hydrogens (tertiary/aromatic N) is 2. The van der Waals surface area contributed by atoms with Gasteiger partial charge in [0.25, 0.3) is 0 Å². The third-order valence-electron chi connectivity index (χ3n) is 5.13. The van der Waals surface area contributed by atoms with Crippen molar-refractivity contribution in [2.75, 3.05) is 18.0 Å². The van der Waals surface area contributed by atoms with Crippen LogP contribution < -0.4 is 4.90 Å². The molecule has 0 amide bonds. The topological polar surface area (TPSA) is 50.3 Å². The summed E-state index contributed by atoms with van der Waals surface area (Å²) in [4.78, 5) is 7.35. The maximum Gasteiger partial charge on any atom is 0.185 e. The molecule has 0 saturated carbocycles. The maximum atomic E-state index is 13.0. The summed E-state index contributed by atoms with van der Waals surface area (Å²) < 4.78 is 26.7. The Balaban J connectivity index is 1.40. The molecule has 2 heterocycles. The molecule has 0 spiro atoms. The molecular weight excluding hydrogens is 492 g/mol.